The van der Waals surface area contributed by atoms with Crippen LogP contribution in [0, 0.1) is 0 Å². The van der Waals surface area contributed by atoms with Crippen LogP contribution in [0.15, 0.2) is 73.1 Å². The Kier molecular flexibility index (Phi) is 4.22. The Morgan fingerprint density at radius 1 is 0.963 bits per heavy atom. The first-order chi connectivity index (χ1) is 13.2. The van der Waals surface area contributed by atoms with Gasteiger partial charge in [0.25, 0.3) is 0 Å². The molecule has 0 saturated carbocycles. The highest BCUT2D eigenvalue weighted by Crippen LogP contribution is 2.25. The average molecular weight is 357 g/mol. The highest BCUT2D eigenvalue weighted by molar-refractivity contribution is 6.34. The summed E-state index contributed by atoms with van der Waals surface area (Å²) in [7, 11) is 1.18. The Bertz CT molecular complexity index is 1150. The monoisotopic (exact) mass is 357 g/mol. The van der Waals surface area contributed by atoms with Crippen molar-refractivity contribution < 1.29 is 14.3 Å². The predicted octanol–water partition coefficient (Wildman–Crippen LogP) is 3.58. The topological polar surface area (TPSA) is 74.1 Å². The van der Waals surface area contributed by atoms with E-state index in [2.05, 4.69) is 14.7 Å². The van der Waals surface area contributed by atoms with Crippen molar-refractivity contribution in [3.05, 3.63) is 73.1 Å². The molecule has 2 aromatic heterocycles. The van der Waals surface area contributed by atoms with E-state index >= 15 is 0 Å². The third-order valence-electron chi connectivity index (χ3n) is 4.26. The van der Waals surface area contributed by atoms with Gasteiger partial charge in [-0.2, -0.15) is 0 Å². The quantitative estimate of drug-likeness (QED) is 0.405. The van der Waals surface area contributed by atoms with Crippen LogP contribution in [0.1, 0.15) is 4.79 Å². The normalized spacial score (nSPS) is 10.7. The summed E-state index contributed by atoms with van der Waals surface area (Å²) in [5.41, 5.74) is 3.14. The summed E-state index contributed by atoms with van der Waals surface area (Å²) >= 11 is 0. The molecule has 6 nitrogen and oxygen atoms in total. The number of carbonyl (C=O) groups excluding carboxylic acids is 2. The minimum Gasteiger partial charge on any atom is -0.462 e. The number of rotatable bonds is 2. The minimum absolute atomic E-state index is 0.538. The van der Waals surface area contributed by atoms with Gasteiger partial charge in [0, 0.05) is 28.9 Å². The van der Waals surface area contributed by atoms with Gasteiger partial charge in [0.1, 0.15) is 0 Å². The van der Waals surface area contributed by atoms with E-state index in [1.165, 1.54) is 11.7 Å². The largest absolute Gasteiger partial charge is 0.462 e. The van der Waals surface area contributed by atoms with E-state index in [4.69, 9.17) is 0 Å². The number of esters is 1. The van der Waals surface area contributed by atoms with Crippen molar-refractivity contribution in [3.8, 4) is 22.6 Å². The van der Waals surface area contributed by atoms with Crippen molar-refractivity contribution in [2.75, 3.05) is 7.11 Å². The van der Waals surface area contributed by atoms with Crippen LogP contribution in [0.5, 0.6) is 0 Å². The Balaban J connectivity index is 1.79. The van der Waals surface area contributed by atoms with Crippen LogP contribution in [-0.4, -0.2) is 33.5 Å². The lowest BCUT2D eigenvalue weighted by Crippen LogP contribution is -2.22. The Morgan fingerprint density at radius 3 is 2.56 bits per heavy atom. The highest BCUT2D eigenvalue weighted by atomic mass is 16.5. The third kappa shape index (κ3) is 3.08. The summed E-state index contributed by atoms with van der Waals surface area (Å²) in [6.07, 6.45) is 3.25. The number of fused-ring (bicyclic) bond motifs is 1. The minimum atomic E-state index is -0.916. The van der Waals surface area contributed by atoms with Gasteiger partial charge >= 0.3 is 11.9 Å². The second-order valence-corrected chi connectivity index (χ2v) is 5.89. The van der Waals surface area contributed by atoms with Gasteiger partial charge in [0.2, 0.25) is 0 Å². The van der Waals surface area contributed by atoms with Gasteiger partial charge in [0.15, 0.2) is 5.82 Å². The van der Waals surface area contributed by atoms with Crippen LogP contribution in [-0.2, 0) is 9.53 Å². The van der Waals surface area contributed by atoms with Crippen LogP contribution in [0.4, 0.5) is 0 Å². The number of carbonyl (C=O) groups is 2. The summed E-state index contributed by atoms with van der Waals surface area (Å²) in [6.45, 7) is 0. The fourth-order valence-electron chi connectivity index (χ4n) is 2.90. The second kappa shape index (κ2) is 6.84. The predicted molar refractivity (Wildman–Crippen MR) is 101 cm³/mol. The lowest BCUT2D eigenvalue weighted by Gasteiger charge is -2.06. The average Bonchev–Trinajstić information content (AvgIpc) is 3.16. The maximum absolute atomic E-state index is 12.2. The summed E-state index contributed by atoms with van der Waals surface area (Å²) in [6, 6.07) is 19.0. The molecule has 132 valence electrons. The standard InChI is InChI=1S/C21H15N3O3/c1-27-21(26)20(25)24-12-10-15-7-8-16(13-18(15)24)19-22-11-9-17(23-19)14-5-3-2-4-6-14/h2-13H,1H3. The van der Waals surface area contributed by atoms with Crippen molar-refractivity contribution in [2.45, 2.75) is 0 Å². The Morgan fingerprint density at radius 2 is 1.78 bits per heavy atom. The number of aromatic nitrogens is 3. The molecule has 27 heavy (non-hydrogen) atoms. The molecule has 2 heterocycles. The summed E-state index contributed by atoms with van der Waals surface area (Å²) in [4.78, 5) is 32.8. The smallest absolute Gasteiger partial charge is 0.397 e. The number of hydrogen-bond donors (Lipinski definition) is 0. The zero-order valence-corrected chi connectivity index (χ0v) is 14.5. The van der Waals surface area contributed by atoms with Gasteiger partial charge in [0.05, 0.1) is 18.3 Å². The molecule has 4 rings (SSSR count). The molecule has 0 atom stereocenters. The zero-order chi connectivity index (χ0) is 18.8. The molecule has 4 aromatic rings. The molecular weight excluding hydrogens is 342 g/mol. The van der Waals surface area contributed by atoms with E-state index in [9.17, 15) is 9.59 Å². The van der Waals surface area contributed by atoms with Crippen molar-refractivity contribution in [3.63, 3.8) is 0 Å². The maximum atomic E-state index is 12.2. The molecule has 6 heteroatoms. The first-order valence-corrected chi connectivity index (χ1v) is 8.30. The van der Waals surface area contributed by atoms with Crippen molar-refractivity contribution in [2.24, 2.45) is 0 Å². The Hall–Kier alpha value is -3.80. The van der Waals surface area contributed by atoms with Crippen LogP contribution >= 0.6 is 0 Å². The molecule has 0 amide bonds. The number of methoxy groups -OCH3 is 1. The number of hydrogen-bond acceptors (Lipinski definition) is 5. The number of benzene rings is 2. The van der Waals surface area contributed by atoms with E-state index in [1.807, 2.05) is 48.5 Å². The molecule has 0 bridgehead atoms. The Labute approximate surface area is 155 Å². The van der Waals surface area contributed by atoms with Gasteiger partial charge < -0.3 is 4.74 Å². The lowest BCUT2D eigenvalue weighted by molar-refractivity contribution is -0.135. The van der Waals surface area contributed by atoms with Gasteiger partial charge in [-0.25, -0.2) is 14.8 Å². The van der Waals surface area contributed by atoms with E-state index in [0.29, 0.717) is 11.3 Å². The molecule has 0 aliphatic heterocycles. The van der Waals surface area contributed by atoms with Crippen molar-refractivity contribution in [1.29, 1.82) is 0 Å². The van der Waals surface area contributed by atoms with Crippen molar-refractivity contribution in [1.82, 2.24) is 14.5 Å². The first-order valence-electron chi connectivity index (χ1n) is 8.30. The second-order valence-electron chi connectivity index (χ2n) is 5.89. The molecule has 0 aliphatic rings. The number of ether oxygens (including phenoxy) is 1. The van der Waals surface area contributed by atoms with E-state index in [-0.39, 0.29) is 0 Å². The first kappa shape index (κ1) is 16.7. The molecule has 0 unspecified atom stereocenters. The molecule has 0 fully saturated rings. The molecule has 0 N–H and O–H groups in total. The van der Waals surface area contributed by atoms with E-state index in [0.717, 1.165) is 22.2 Å². The molecule has 0 radical (unpaired) electrons. The van der Waals surface area contributed by atoms with Crippen LogP contribution in [0.3, 0.4) is 0 Å². The third-order valence-corrected chi connectivity index (χ3v) is 4.26. The van der Waals surface area contributed by atoms with Gasteiger partial charge in [-0.15, -0.1) is 0 Å². The van der Waals surface area contributed by atoms with Gasteiger partial charge in [-0.1, -0.05) is 42.5 Å². The molecule has 0 aliphatic carbocycles. The summed E-state index contributed by atoms with van der Waals surface area (Å²) in [5.74, 6) is -1.12. The molecular formula is C21H15N3O3. The fourth-order valence-corrected chi connectivity index (χ4v) is 2.90. The van der Waals surface area contributed by atoms with E-state index < -0.39 is 11.9 Å². The van der Waals surface area contributed by atoms with Crippen LogP contribution in [0.2, 0.25) is 0 Å². The number of nitrogens with zero attached hydrogens (tertiary/aromatic N) is 3. The highest BCUT2D eigenvalue weighted by Gasteiger charge is 2.18. The molecule has 2 aromatic carbocycles. The molecule has 0 spiro atoms. The van der Waals surface area contributed by atoms with Crippen LogP contribution in [0.25, 0.3) is 33.5 Å². The SMILES string of the molecule is COC(=O)C(=O)n1ccc2ccc(-c3nccc(-c4ccccc4)n3)cc21. The maximum Gasteiger partial charge on any atom is 0.397 e. The van der Waals surface area contributed by atoms with Gasteiger partial charge in [-0.05, 0) is 18.2 Å². The van der Waals surface area contributed by atoms with E-state index in [1.54, 1.807) is 24.5 Å². The summed E-state index contributed by atoms with van der Waals surface area (Å²) in [5, 5.41) is 0.829. The van der Waals surface area contributed by atoms with Gasteiger partial charge in [-0.3, -0.25) is 9.36 Å². The zero-order valence-electron chi connectivity index (χ0n) is 14.5. The molecule has 0 saturated heterocycles. The lowest BCUT2D eigenvalue weighted by atomic mass is 10.1. The van der Waals surface area contributed by atoms with Crippen LogP contribution < -0.4 is 0 Å². The fraction of sp³-hybridized carbons (Fsp3) is 0.0476. The van der Waals surface area contributed by atoms with Crippen molar-refractivity contribution >= 4 is 22.8 Å². The summed E-state index contributed by atoms with van der Waals surface area (Å²) < 4.78 is 5.80.